The molecular weight excluding hydrogens is 336 g/mol. The third-order valence-electron chi connectivity index (χ3n) is 4.62. The van der Waals surface area contributed by atoms with E-state index in [1.165, 1.54) is 11.1 Å². The van der Waals surface area contributed by atoms with Crippen LogP contribution in [0.5, 0.6) is 11.5 Å². The molecule has 0 unspecified atom stereocenters. The van der Waals surface area contributed by atoms with Crippen LogP contribution in [0.1, 0.15) is 17.0 Å². The third kappa shape index (κ3) is 3.65. The summed E-state index contributed by atoms with van der Waals surface area (Å²) in [5, 5.41) is 0. The molecule has 136 valence electrons. The van der Waals surface area contributed by atoms with Crippen molar-refractivity contribution >= 4 is 11.0 Å². The Labute approximate surface area is 159 Å². The van der Waals surface area contributed by atoms with Gasteiger partial charge in [-0.3, -0.25) is 0 Å². The highest BCUT2D eigenvalue weighted by Crippen LogP contribution is 2.27. The SMILES string of the molecule is COc1ccccc1OCc1nc2ccccc2n1Cc1ccc(C)cc1. The number of benzene rings is 3. The molecule has 0 aliphatic rings. The van der Waals surface area contributed by atoms with E-state index in [0.717, 1.165) is 29.2 Å². The van der Waals surface area contributed by atoms with Crippen molar-refractivity contribution in [2.24, 2.45) is 0 Å². The Hall–Kier alpha value is -3.27. The van der Waals surface area contributed by atoms with Crippen LogP contribution < -0.4 is 9.47 Å². The molecule has 3 aromatic carbocycles. The fourth-order valence-electron chi connectivity index (χ4n) is 3.17. The third-order valence-corrected chi connectivity index (χ3v) is 4.62. The number of hydrogen-bond acceptors (Lipinski definition) is 3. The van der Waals surface area contributed by atoms with E-state index < -0.39 is 0 Å². The number of fused-ring (bicyclic) bond motifs is 1. The maximum atomic E-state index is 6.03. The Bertz CT molecular complexity index is 1050. The normalized spacial score (nSPS) is 10.9. The van der Waals surface area contributed by atoms with Crippen molar-refractivity contribution in [2.75, 3.05) is 7.11 Å². The van der Waals surface area contributed by atoms with Crippen LogP contribution in [0.2, 0.25) is 0 Å². The van der Waals surface area contributed by atoms with Gasteiger partial charge in [0.15, 0.2) is 11.5 Å². The van der Waals surface area contributed by atoms with Gasteiger partial charge in [0.05, 0.1) is 18.1 Å². The molecule has 4 nitrogen and oxygen atoms in total. The summed E-state index contributed by atoms with van der Waals surface area (Å²) in [6.07, 6.45) is 0. The summed E-state index contributed by atoms with van der Waals surface area (Å²) in [5.41, 5.74) is 4.58. The first-order valence-electron chi connectivity index (χ1n) is 9.00. The van der Waals surface area contributed by atoms with E-state index in [9.17, 15) is 0 Å². The van der Waals surface area contributed by atoms with Crippen LogP contribution in [-0.2, 0) is 13.2 Å². The summed E-state index contributed by atoms with van der Waals surface area (Å²) in [6, 6.07) is 24.5. The molecule has 0 bridgehead atoms. The molecule has 0 spiro atoms. The first-order chi connectivity index (χ1) is 13.2. The molecule has 0 aliphatic carbocycles. The van der Waals surface area contributed by atoms with Crippen LogP contribution in [0.25, 0.3) is 11.0 Å². The van der Waals surface area contributed by atoms with E-state index in [0.29, 0.717) is 12.4 Å². The molecule has 4 heteroatoms. The molecule has 0 saturated carbocycles. The van der Waals surface area contributed by atoms with Gasteiger partial charge in [0.1, 0.15) is 12.4 Å². The number of aryl methyl sites for hydroxylation is 1. The van der Waals surface area contributed by atoms with Crippen LogP contribution in [0.3, 0.4) is 0 Å². The molecule has 0 atom stereocenters. The maximum Gasteiger partial charge on any atom is 0.161 e. The van der Waals surface area contributed by atoms with Gasteiger partial charge in [-0.25, -0.2) is 4.98 Å². The van der Waals surface area contributed by atoms with Gasteiger partial charge in [0.2, 0.25) is 0 Å². The van der Waals surface area contributed by atoms with Crippen molar-refractivity contribution in [3.63, 3.8) is 0 Å². The lowest BCUT2D eigenvalue weighted by atomic mass is 10.1. The summed E-state index contributed by atoms with van der Waals surface area (Å²) in [5.74, 6) is 2.33. The highest BCUT2D eigenvalue weighted by Gasteiger charge is 2.13. The second-order valence-electron chi connectivity index (χ2n) is 6.53. The van der Waals surface area contributed by atoms with E-state index in [1.54, 1.807) is 7.11 Å². The van der Waals surface area contributed by atoms with Crippen molar-refractivity contribution in [3.8, 4) is 11.5 Å². The van der Waals surface area contributed by atoms with E-state index in [1.807, 2.05) is 42.5 Å². The number of imidazole rings is 1. The topological polar surface area (TPSA) is 36.3 Å². The Kier molecular flexibility index (Phi) is 4.79. The lowest BCUT2D eigenvalue weighted by molar-refractivity contribution is 0.273. The summed E-state index contributed by atoms with van der Waals surface area (Å²) >= 11 is 0. The van der Waals surface area contributed by atoms with Gasteiger partial charge < -0.3 is 14.0 Å². The molecule has 0 amide bonds. The average molecular weight is 358 g/mol. The smallest absolute Gasteiger partial charge is 0.161 e. The minimum Gasteiger partial charge on any atom is -0.493 e. The second kappa shape index (κ2) is 7.54. The fourth-order valence-corrected chi connectivity index (χ4v) is 3.17. The number of para-hydroxylation sites is 4. The van der Waals surface area contributed by atoms with Gasteiger partial charge in [0.25, 0.3) is 0 Å². The Morgan fingerprint density at radius 1 is 0.852 bits per heavy atom. The molecule has 0 fully saturated rings. The number of aromatic nitrogens is 2. The van der Waals surface area contributed by atoms with Gasteiger partial charge in [-0.05, 0) is 36.8 Å². The quantitative estimate of drug-likeness (QED) is 0.488. The van der Waals surface area contributed by atoms with E-state index in [-0.39, 0.29) is 0 Å². The summed E-state index contributed by atoms with van der Waals surface area (Å²) in [6.45, 7) is 3.23. The number of rotatable bonds is 6. The van der Waals surface area contributed by atoms with Crippen LogP contribution in [0.4, 0.5) is 0 Å². The Morgan fingerprint density at radius 3 is 2.33 bits per heavy atom. The van der Waals surface area contributed by atoms with Crippen molar-refractivity contribution < 1.29 is 9.47 Å². The maximum absolute atomic E-state index is 6.03. The Morgan fingerprint density at radius 2 is 1.56 bits per heavy atom. The van der Waals surface area contributed by atoms with Crippen LogP contribution in [-0.4, -0.2) is 16.7 Å². The molecule has 1 aromatic heterocycles. The standard InChI is InChI=1S/C23H22N2O2/c1-17-11-13-18(14-12-17)15-25-20-8-4-3-7-19(20)24-23(25)16-27-22-10-6-5-9-21(22)26-2/h3-14H,15-16H2,1-2H3. The minimum absolute atomic E-state index is 0.376. The van der Waals surface area contributed by atoms with Crippen LogP contribution >= 0.6 is 0 Å². The second-order valence-corrected chi connectivity index (χ2v) is 6.53. The first-order valence-corrected chi connectivity index (χ1v) is 9.00. The number of hydrogen-bond donors (Lipinski definition) is 0. The van der Waals surface area contributed by atoms with Crippen molar-refractivity contribution in [3.05, 3.63) is 89.7 Å². The zero-order chi connectivity index (χ0) is 18.6. The van der Waals surface area contributed by atoms with E-state index in [4.69, 9.17) is 14.5 Å². The van der Waals surface area contributed by atoms with Crippen molar-refractivity contribution in [1.29, 1.82) is 0 Å². The van der Waals surface area contributed by atoms with Gasteiger partial charge in [-0.2, -0.15) is 0 Å². The molecule has 0 radical (unpaired) electrons. The van der Waals surface area contributed by atoms with E-state index >= 15 is 0 Å². The minimum atomic E-state index is 0.376. The van der Waals surface area contributed by atoms with Crippen molar-refractivity contribution in [1.82, 2.24) is 9.55 Å². The summed E-state index contributed by atoms with van der Waals surface area (Å²) < 4.78 is 13.6. The van der Waals surface area contributed by atoms with Gasteiger partial charge >= 0.3 is 0 Å². The molecule has 0 aliphatic heterocycles. The van der Waals surface area contributed by atoms with Gasteiger partial charge in [-0.15, -0.1) is 0 Å². The molecule has 27 heavy (non-hydrogen) atoms. The predicted octanol–water partition coefficient (Wildman–Crippen LogP) is 4.98. The zero-order valence-corrected chi connectivity index (χ0v) is 15.6. The first kappa shape index (κ1) is 17.2. The molecule has 0 saturated heterocycles. The Balaban J connectivity index is 1.66. The zero-order valence-electron chi connectivity index (χ0n) is 15.6. The fraction of sp³-hybridized carbons (Fsp3) is 0.174. The average Bonchev–Trinajstić information content (AvgIpc) is 3.06. The largest absolute Gasteiger partial charge is 0.493 e. The predicted molar refractivity (Wildman–Crippen MR) is 107 cm³/mol. The van der Waals surface area contributed by atoms with Crippen LogP contribution in [0.15, 0.2) is 72.8 Å². The number of methoxy groups -OCH3 is 1. The lowest BCUT2D eigenvalue weighted by Gasteiger charge is -2.12. The molecular formula is C23H22N2O2. The number of ether oxygens (including phenoxy) is 2. The summed E-state index contributed by atoms with van der Waals surface area (Å²) in [4.78, 5) is 4.79. The molecule has 0 N–H and O–H groups in total. The van der Waals surface area contributed by atoms with Crippen LogP contribution in [0, 0.1) is 6.92 Å². The highest BCUT2D eigenvalue weighted by atomic mass is 16.5. The lowest BCUT2D eigenvalue weighted by Crippen LogP contribution is -2.08. The molecule has 4 aromatic rings. The molecule has 1 heterocycles. The van der Waals surface area contributed by atoms with Gasteiger partial charge in [0, 0.05) is 6.54 Å². The highest BCUT2D eigenvalue weighted by molar-refractivity contribution is 5.76. The molecule has 4 rings (SSSR count). The summed E-state index contributed by atoms with van der Waals surface area (Å²) in [7, 11) is 1.65. The monoisotopic (exact) mass is 358 g/mol. The van der Waals surface area contributed by atoms with E-state index in [2.05, 4.69) is 41.8 Å². The van der Waals surface area contributed by atoms with Gasteiger partial charge in [-0.1, -0.05) is 54.1 Å². The van der Waals surface area contributed by atoms with Crippen molar-refractivity contribution in [2.45, 2.75) is 20.1 Å². The number of nitrogens with zero attached hydrogens (tertiary/aromatic N) is 2.